The molecule has 0 spiro atoms. The van der Waals surface area contributed by atoms with Gasteiger partial charge in [-0.2, -0.15) is 0 Å². The molecule has 0 fully saturated rings. The van der Waals surface area contributed by atoms with Crippen molar-refractivity contribution in [1.82, 2.24) is 5.32 Å². The monoisotopic (exact) mass is 294 g/mol. The molecule has 0 saturated carbocycles. The number of ketones is 1. The molecule has 0 unspecified atom stereocenters. The average molecular weight is 294 g/mol. The number of amides is 1. The maximum absolute atomic E-state index is 12.1. The Kier molecular flexibility index (Phi) is 5.02. The summed E-state index contributed by atoms with van der Waals surface area (Å²) in [5.74, 6) is -0.426. The van der Waals surface area contributed by atoms with Crippen LogP contribution in [0.3, 0.4) is 0 Å². The number of ether oxygens (including phenoxy) is 1. The van der Waals surface area contributed by atoms with Crippen LogP contribution in [0.1, 0.15) is 38.1 Å². The minimum Gasteiger partial charge on any atom is -0.444 e. The van der Waals surface area contributed by atoms with E-state index in [1.54, 1.807) is 20.8 Å². The highest BCUT2D eigenvalue weighted by atomic mass is 16.6. The Morgan fingerprint density at radius 1 is 1.33 bits per heavy atom. The number of nitro benzene ring substituents is 1. The van der Waals surface area contributed by atoms with Crippen LogP contribution in [0, 0.1) is 10.1 Å². The van der Waals surface area contributed by atoms with Crippen molar-refractivity contribution in [3.8, 4) is 0 Å². The van der Waals surface area contributed by atoms with Gasteiger partial charge in [-0.1, -0.05) is 12.1 Å². The lowest BCUT2D eigenvalue weighted by molar-refractivity contribution is -0.384. The standard InChI is InChI=1S/C14H18N2O5/c1-9(15-13(18)21-14(2,3)4)12(17)10-6-5-7-11(8-10)16(19)20/h5-9H,1-4H3,(H,15,18)/t9-/m0/s1. The molecule has 21 heavy (non-hydrogen) atoms. The highest BCUT2D eigenvalue weighted by Crippen LogP contribution is 2.15. The molecule has 114 valence electrons. The second-order valence-electron chi connectivity index (χ2n) is 5.54. The van der Waals surface area contributed by atoms with Crippen molar-refractivity contribution < 1.29 is 19.2 Å². The van der Waals surface area contributed by atoms with Crippen LogP contribution in [0.2, 0.25) is 0 Å². The number of non-ortho nitro benzene ring substituents is 1. The van der Waals surface area contributed by atoms with Crippen molar-refractivity contribution in [1.29, 1.82) is 0 Å². The molecule has 0 bridgehead atoms. The fourth-order valence-electron chi connectivity index (χ4n) is 1.57. The van der Waals surface area contributed by atoms with Gasteiger partial charge < -0.3 is 10.1 Å². The Morgan fingerprint density at radius 3 is 2.48 bits per heavy atom. The Morgan fingerprint density at radius 2 is 1.95 bits per heavy atom. The first-order valence-electron chi connectivity index (χ1n) is 6.38. The van der Waals surface area contributed by atoms with Crippen LogP contribution in [-0.4, -0.2) is 28.4 Å². The summed E-state index contributed by atoms with van der Waals surface area (Å²) < 4.78 is 5.05. The zero-order valence-corrected chi connectivity index (χ0v) is 12.4. The number of nitro groups is 1. The van der Waals surface area contributed by atoms with E-state index in [1.807, 2.05) is 0 Å². The summed E-state index contributed by atoms with van der Waals surface area (Å²) in [5, 5.41) is 13.1. The highest BCUT2D eigenvalue weighted by Gasteiger charge is 2.22. The summed E-state index contributed by atoms with van der Waals surface area (Å²) in [4.78, 5) is 33.8. The molecule has 7 nitrogen and oxygen atoms in total. The third-order valence-corrected chi connectivity index (χ3v) is 2.47. The van der Waals surface area contributed by atoms with E-state index in [-0.39, 0.29) is 11.3 Å². The number of benzene rings is 1. The van der Waals surface area contributed by atoms with Gasteiger partial charge in [-0.15, -0.1) is 0 Å². The molecule has 1 amide bonds. The first-order chi connectivity index (χ1) is 9.60. The van der Waals surface area contributed by atoms with Gasteiger partial charge in [0.15, 0.2) is 5.78 Å². The predicted molar refractivity (Wildman–Crippen MR) is 76.3 cm³/mol. The quantitative estimate of drug-likeness (QED) is 0.523. The number of hydrogen-bond donors (Lipinski definition) is 1. The van der Waals surface area contributed by atoms with Crippen molar-refractivity contribution in [2.75, 3.05) is 0 Å². The molecule has 1 N–H and O–H groups in total. The molecule has 0 saturated heterocycles. The topological polar surface area (TPSA) is 98.5 Å². The first kappa shape index (κ1) is 16.6. The summed E-state index contributed by atoms with van der Waals surface area (Å²) in [6.45, 7) is 6.62. The van der Waals surface area contributed by atoms with Crippen molar-refractivity contribution >= 4 is 17.6 Å². The van der Waals surface area contributed by atoms with Crippen LogP contribution in [-0.2, 0) is 4.74 Å². The summed E-state index contributed by atoms with van der Waals surface area (Å²) in [7, 11) is 0. The Hall–Kier alpha value is -2.44. The number of nitrogens with one attached hydrogen (secondary N) is 1. The highest BCUT2D eigenvalue weighted by molar-refractivity contribution is 6.01. The van der Waals surface area contributed by atoms with Gasteiger partial charge in [-0.3, -0.25) is 14.9 Å². The van der Waals surface area contributed by atoms with Crippen LogP contribution in [0.25, 0.3) is 0 Å². The van der Waals surface area contributed by atoms with Gasteiger partial charge in [0, 0.05) is 17.7 Å². The number of rotatable bonds is 4. The Bertz CT molecular complexity index is 563. The van der Waals surface area contributed by atoms with E-state index < -0.39 is 28.4 Å². The van der Waals surface area contributed by atoms with Crippen LogP contribution >= 0.6 is 0 Å². The molecule has 1 aromatic rings. The number of Topliss-reactive ketones (excluding diaryl/α,β-unsaturated/α-hetero) is 1. The van der Waals surface area contributed by atoms with Crippen molar-refractivity contribution in [2.24, 2.45) is 0 Å². The molecule has 0 heterocycles. The summed E-state index contributed by atoms with van der Waals surface area (Å²) in [6.07, 6.45) is -0.714. The summed E-state index contributed by atoms with van der Waals surface area (Å²) in [5.41, 5.74) is -0.684. The number of carbonyl (C=O) groups excluding carboxylic acids is 2. The van der Waals surface area contributed by atoms with E-state index in [2.05, 4.69) is 5.32 Å². The van der Waals surface area contributed by atoms with E-state index in [4.69, 9.17) is 4.74 Å². The minimum absolute atomic E-state index is 0.160. The van der Waals surface area contributed by atoms with Crippen LogP contribution in [0.5, 0.6) is 0 Å². The first-order valence-corrected chi connectivity index (χ1v) is 6.38. The van der Waals surface area contributed by atoms with Crippen molar-refractivity contribution in [3.63, 3.8) is 0 Å². The SMILES string of the molecule is C[C@H](NC(=O)OC(C)(C)C)C(=O)c1cccc([N+](=O)[O-])c1. The third-order valence-electron chi connectivity index (χ3n) is 2.47. The number of alkyl carbamates (subject to hydrolysis) is 1. The fourth-order valence-corrected chi connectivity index (χ4v) is 1.57. The second-order valence-corrected chi connectivity index (χ2v) is 5.54. The molecule has 0 aromatic heterocycles. The smallest absolute Gasteiger partial charge is 0.408 e. The van der Waals surface area contributed by atoms with Gasteiger partial charge in [0.05, 0.1) is 11.0 Å². The molecule has 1 aromatic carbocycles. The normalized spacial score (nSPS) is 12.4. The average Bonchev–Trinajstić information content (AvgIpc) is 2.35. The number of nitrogens with zero attached hydrogens (tertiary/aromatic N) is 1. The predicted octanol–water partition coefficient (Wildman–Crippen LogP) is 2.69. The molecule has 1 rings (SSSR count). The van der Waals surface area contributed by atoms with E-state index in [1.165, 1.54) is 31.2 Å². The summed E-state index contributed by atoms with van der Waals surface area (Å²) in [6, 6.07) is 4.51. The Labute approximate surface area is 122 Å². The van der Waals surface area contributed by atoms with Gasteiger partial charge in [0.1, 0.15) is 5.60 Å². The molecule has 0 aliphatic rings. The second kappa shape index (κ2) is 6.34. The van der Waals surface area contributed by atoms with Gasteiger partial charge >= 0.3 is 6.09 Å². The molecule has 0 aliphatic carbocycles. The van der Waals surface area contributed by atoms with E-state index in [0.29, 0.717) is 0 Å². The summed E-state index contributed by atoms with van der Waals surface area (Å²) >= 11 is 0. The van der Waals surface area contributed by atoms with Crippen molar-refractivity contribution in [3.05, 3.63) is 39.9 Å². The lowest BCUT2D eigenvalue weighted by Gasteiger charge is -2.21. The van der Waals surface area contributed by atoms with Gasteiger partial charge in [0.2, 0.25) is 0 Å². The molecule has 0 radical (unpaired) electrons. The molecular weight excluding hydrogens is 276 g/mol. The van der Waals surface area contributed by atoms with E-state index in [9.17, 15) is 19.7 Å². The zero-order chi connectivity index (χ0) is 16.2. The van der Waals surface area contributed by atoms with E-state index in [0.717, 1.165) is 0 Å². The van der Waals surface area contributed by atoms with Crippen molar-refractivity contribution in [2.45, 2.75) is 39.3 Å². The van der Waals surface area contributed by atoms with Crippen LogP contribution in [0.15, 0.2) is 24.3 Å². The molecule has 1 atom stereocenters. The van der Waals surface area contributed by atoms with E-state index >= 15 is 0 Å². The molecule has 7 heteroatoms. The fraction of sp³-hybridized carbons (Fsp3) is 0.429. The van der Waals surface area contributed by atoms with Gasteiger partial charge in [0.25, 0.3) is 5.69 Å². The molecular formula is C14H18N2O5. The van der Waals surface area contributed by atoms with Crippen LogP contribution < -0.4 is 5.32 Å². The maximum atomic E-state index is 12.1. The van der Waals surface area contributed by atoms with Crippen LogP contribution in [0.4, 0.5) is 10.5 Å². The number of carbonyl (C=O) groups is 2. The zero-order valence-electron chi connectivity index (χ0n) is 12.4. The Balaban J connectivity index is 2.77. The van der Waals surface area contributed by atoms with Gasteiger partial charge in [-0.05, 0) is 27.7 Å². The lowest BCUT2D eigenvalue weighted by Crippen LogP contribution is -2.41. The lowest BCUT2D eigenvalue weighted by atomic mass is 10.1. The third kappa shape index (κ3) is 5.21. The minimum atomic E-state index is -0.846. The maximum Gasteiger partial charge on any atom is 0.408 e. The largest absolute Gasteiger partial charge is 0.444 e. The molecule has 0 aliphatic heterocycles. The van der Waals surface area contributed by atoms with Gasteiger partial charge in [-0.25, -0.2) is 4.79 Å². The number of hydrogen-bond acceptors (Lipinski definition) is 5.